The van der Waals surface area contributed by atoms with Crippen LogP contribution in [0.4, 0.5) is 10.1 Å². The Morgan fingerprint density at radius 2 is 1.76 bits per heavy atom. The van der Waals surface area contributed by atoms with Crippen LogP contribution in [0.5, 0.6) is 0 Å². The molecule has 12 heteroatoms. The van der Waals surface area contributed by atoms with Gasteiger partial charge >= 0.3 is 5.97 Å². The number of fused-ring (bicyclic) bond motifs is 1. The van der Waals surface area contributed by atoms with Gasteiger partial charge in [-0.15, -0.1) is 0 Å². The number of hydrogen-bond donors (Lipinski definition) is 2. The summed E-state index contributed by atoms with van der Waals surface area (Å²) in [6, 6.07) is 6.34. The molecule has 3 heterocycles. The van der Waals surface area contributed by atoms with E-state index in [-0.39, 0.29) is 52.3 Å². The molecule has 242 valence electrons. The lowest BCUT2D eigenvalue weighted by molar-refractivity contribution is -0.684. The average Bonchev–Trinajstić information content (AvgIpc) is 3.86. The van der Waals surface area contributed by atoms with Gasteiger partial charge in [-0.2, -0.15) is 4.57 Å². The monoisotopic (exact) mass is 685 g/mol. The number of carboxylic acid groups (broad SMARTS) is 1. The fraction of sp³-hybridized carbons (Fsp3) is 0.485. The fourth-order valence-corrected chi connectivity index (χ4v) is 5.84. The fourth-order valence-electron chi connectivity index (χ4n) is 5.84. The third kappa shape index (κ3) is 8.27. The Hall–Kier alpha value is -3.80. The first kappa shape index (κ1) is 34.1. The first-order valence-electron chi connectivity index (χ1n) is 15.7. The second kappa shape index (κ2) is 15.5. The van der Waals surface area contributed by atoms with Gasteiger partial charge < -0.3 is 41.8 Å². The molecule has 1 saturated carbocycles. The zero-order valence-corrected chi connectivity index (χ0v) is 27.2. The molecule has 2 N–H and O–H groups in total. The maximum atomic E-state index is 15.3. The number of halogens is 2. The number of rotatable bonds is 13. The molecule has 0 radical (unpaired) electrons. The SMILES string of the molecule is CCCCCCCCNC(=O)C[n+]1cccc(C(=O)N2CCN(c3cc4c(cc3F)c(=O)c(C(=O)O)cn4C3CC3)CC2)c1.[Br-]. The Kier molecular flexibility index (Phi) is 11.7. The largest absolute Gasteiger partial charge is 1.00 e. The number of carboxylic acids is 1. The molecule has 3 aromatic rings. The van der Waals surface area contributed by atoms with Crippen molar-refractivity contribution in [2.45, 2.75) is 70.9 Å². The molecule has 2 aliphatic rings. The summed E-state index contributed by atoms with van der Waals surface area (Å²) in [7, 11) is 0. The predicted molar refractivity (Wildman–Crippen MR) is 165 cm³/mol. The van der Waals surface area contributed by atoms with Gasteiger partial charge in [-0.25, -0.2) is 9.18 Å². The first-order chi connectivity index (χ1) is 21.3. The molecule has 0 spiro atoms. The highest BCUT2D eigenvalue weighted by molar-refractivity contribution is 5.94. The van der Waals surface area contributed by atoms with Crippen LogP contribution in [0.15, 0.2) is 47.7 Å². The highest BCUT2D eigenvalue weighted by Crippen LogP contribution is 2.38. The zero-order valence-electron chi connectivity index (χ0n) is 25.6. The van der Waals surface area contributed by atoms with Crippen LogP contribution in [0.1, 0.15) is 85.0 Å². The number of nitrogens with zero attached hydrogens (tertiary/aromatic N) is 4. The van der Waals surface area contributed by atoms with E-state index in [9.17, 15) is 24.3 Å². The third-order valence-electron chi connectivity index (χ3n) is 8.46. The van der Waals surface area contributed by atoms with Crippen LogP contribution >= 0.6 is 0 Å². The average molecular weight is 687 g/mol. The van der Waals surface area contributed by atoms with Crippen molar-refractivity contribution in [3.05, 3.63) is 70.0 Å². The Bertz CT molecular complexity index is 1600. The Labute approximate surface area is 272 Å². The van der Waals surface area contributed by atoms with Crippen LogP contribution in [0.25, 0.3) is 10.9 Å². The molecule has 0 bridgehead atoms. The summed E-state index contributed by atoms with van der Waals surface area (Å²) < 4.78 is 18.8. The first-order valence-corrected chi connectivity index (χ1v) is 15.7. The lowest BCUT2D eigenvalue weighted by atomic mass is 10.1. The topological polar surface area (TPSA) is 116 Å². The van der Waals surface area contributed by atoms with Crippen LogP contribution in [0.3, 0.4) is 0 Å². The summed E-state index contributed by atoms with van der Waals surface area (Å²) in [5.74, 6) is -2.18. The minimum Gasteiger partial charge on any atom is -1.00 e. The standard InChI is InChI=1S/C33H40FN5O5.BrH/c1-2-3-4-5-6-7-12-35-30(40)22-36-13-8-9-23(20-36)32(42)38-16-14-37(15-17-38)29-19-28-25(18-27(29)34)31(41)26(33(43)44)21-39(28)24-10-11-24;/h8-9,13,18-21,24H,2-7,10-12,14-17,22H2,1H3,(H-,35,40,43,44);1H. The summed E-state index contributed by atoms with van der Waals surface area (Å²) in [5, 5.41) is 12.5. The van der Waals surface area contributed by atoms with Crippen molar-refractivity contribution >= 4 is 34.4 Å². The maximum absolute atomic E-state index is 15.3. The van der Waals surface area contributed by atoms with Crippen LogP contribution in [0, 0.1) is 5.82 Å². The number of amides is 2. The molecule has 2 fully saturated rings. The number of pyridine rings is 2. The molecule has 2 aromatic heterocycles. The summed E-state index contributed by atoms with van der Waals surface area (Å²) >= 11 is 0. The molecule has 1 aromatic carbocycles. The number of aromatic nitrogens is 2. The number of anilines is 1. The Morgan fingerprint density at radius 1 is 1.04 bits per heavy atom. The van der Waals surface area contributed by atoms with Gasteiger partial charge in [0.1, 0.15) is 16.9 Å². The van der Waals surface area contributed by atoms with E-state index in [0.29, 0.717) is 49.5 Å². The van der Waals surface area contributed by atoms with E-state index in [1.807, 2.05) is 4.90 Å². The van der Waals surface area contributed by atoms with Crippen molar-refractivity contribution in [2.75, 3.05) is 37.6 Å². The van der Waals surface area contributed by atoms with E-state index in [0.717, 1.165) is 31.7 Å². The lowest BCUT2D eigenvalue weighted by Crippen LogP contribution is -3.00. The van der Waals surface area contributed by atoms with Gasteiger partial charge in [-0.3, -0.25) is 14.4 Å². The Balaban J connectivity index is 0.00000461. The Morgan fingerprint density at radius 3 is 2.44 bits per heavy atom. The predicted octanol–water partition coefficient (Wildman–Crippen LogP) is 0.904. The summed E-state index contributed by atoms with van der Waals surface area (Å²) in [5.41, 5.74) is 0.262. The summed E-state index contributed by atoms with van der Waals surface area (Å²) in [6.07, 6.45) is 13.5. The van der Waals surface area contributed by atoms with E-state index < -0.39 is 17.2 Å². The summed E-state index contributed by atoms with van der Waals surface area (Å²) in [4.78, 5) is 53.7. The van der Waals surface area contributed by atoms with Crippen LogP contribution < -0.4 is 37.2 Å². The van der Waals surface area contributed by atoms with E-state index in [4.69, 9.17) is 0 Å². The van der Waals surface area contributed by atoms with Gasteiger partial charge in [-0.05, 0) is 37.5 Å². The molecule has 45 heavy (non-hydrogen) atoms. The highest BCUT2D eigenvalue weighted by Gasteiger charge is 2.29. The van der Waals surface area contributed by atoms with Gasteiger partial charge in [0.15, 0.2) is 12.4 Å². The van der Waals surface area contributed by atoms with Gasteiger partial charge in [0.25, 0.3) is 11.8 Å². The van der Waals surface area contributed by atoms with Crippen molar-refractivity contribution in [2.24, 2.45) is 0 Å². The number of carbonyl (C=O) groups excluding carboxylic acids is 2. The number of nitrogens with one attached hydrogen (secondary N) is 1. The van der Waals surface area contributed by atoms with E-state index in [1.165, 1.54) is 31.9 Å². The van der Waals surface area contributed by atoms with Crippen molar-refractivity contribution < 1.29 is 45.4 Å². The quantitative estimate of drug-likeness (QED) is 0.204. The number of hydrogen-bond acceptors (Lipinski definition) is 5. The minimum absolute atomic E-state index is 0. The number of benzene rings is 1. The van der Waals surface area contributed by atoms with Crippen molar-refractivity contribution in [3.8, 4) is 0 Å². The van der Waals surface area contributed by atoms with Crippen molar-refractivity contribution in [1.82, 2.24) is 14.8 Å². The molecular weight excluding hydrogens is 645 g/mol. The lowest BCUT2D eigenvalue weighted by Gasteiger charge is -2.36. The number of unbranched alkanes of at least 4 members (excludes halogenated alkanes) is 5. The molecular formula is C33H41BrFN5O5. The second-order valence-electron chi connectivity index (χ2n) is 11.8. The van der Waals surface area contributed by atoms with Gasteiger partial charge in [0, 0.05) is 56.4 Å². The third-order valence-corrected chi connectivity index (χ3v) is 8.46. The number of piperazine rings is 1. The van der Waals surface area contributed by atoms with Crippen molar-refractivity contribution in [3.63, 3.8) is 0 Å². The van der Waals surface area contributed by atoms with Gasteiger partial charge in [0.05, 0.1) is 11.2 Å². The summed E-state index contributed by atoms with van der Waals surface area (Å²) in [6.45, 7) is 4.49. The zero-order chi connectivity index (χ0) is 31.2. The maximum Gasteiger partial charge on any atom is 0.341 e. The van der Waals surface area contributed by atoms with Crippen LogP contribution in [0.2, 0.25) is 0 Å². The van der Waals surface area contributed by atoms with Crippen LogP contribution in [-0.4, -0.2) is 65.1 Å². The van der Waals surface area contributed by atoms with E-state index in [1.54, 1.807) is 44.6 Å². The molecule has 1 aliphatic carbocycles. The molecule has 5 rings (SSSR count). The second-order valence-corrected chi connectivity index (χ2v) is 11.8. The van der Waals surface area contributed by atoms with Gasteiger partial charge in [-0.1, -0.05) is 39.0 Å². The van der Waals surface area contributed by atoms with E-state index in [2.05, 4.69) is 12.2 Å². The normalized spacial score (nSPS) is 14.7. The molecule has 1 saturated heterocycles. The van der Waals surface area contributed by atoms with Crippen LogP contribution in [-0.2, 0) is 11.3 Å². The molecule has 2 amide bonds. The minimum atomic E-state index is -1.33. The molecule has 10 nitrogen and oxygen atoms in total. The van der Waals surface area contributed by atoms with Gasteiger partial charge in [0.2, 0.25) is 12.0 Å². The molecule has 0 atom stereocenters. The number of aromatic carboxylic acids is 1. The smallest absolute Gasteiger partial charge is 0.341 e. The van der Waals surface area contributed by atoms with Crippen molar-refractivity contribution in [1.29, 1.82) is 0 Å². The van der Waals surface area contributed by atoms with E-state index >= 15 is 4.39 Å². The number of carbonyl (C=O) groups is 3. The molecule has 0 unspecified atom stereocenters. The highest BCUT2D eigenvalue weighted by atomic mass is 79.9. The molecule has 1 aliphatic heterocycles.